The van der Waals surface area contributed by atoms with E-state index in [-0.39, 0.29) is 5.91 Å². The van der Waals surface area contributed by atoms with Crippen molar-refractivity contribution < 1.29 is 4.79 Å². The van der Waals surface area contributed by atoms with Crippen LogP contribution in [0.15, 0.2) is 11.7 Å². The second kappa shape index (κ2) is 4.77. The third-order valence-electron chi connectivity index (χ3n) is 2.74. The first-order valence-corrected chi connectivity index (χ1v) is 6.30. The highest BCUT2D eigenvalue weighted by Crippen LogP contribution is 2.17. The molecule has 2 N–H and O–H groups in total. The van der Waals surface area contributed by atoms with Crippen LogP contribution in [0.1, 0.15) is 21.1 Å². The Kier molecular flexibility index (Phi) is 3.33. The molecule has 1 amide bonds. The summed E-state index contributed by atoms with van der Waals surface area (Å²) in [5.74, 6) is -0.139. The summed E-state index contributed by atoms with van der Waals surface area (Å²) in [5, 5.41) is 3.97. The van der Waals surface area contributed by atoms with Gasteiger partial charge < -0.3 is 10.6 Å². The van der Waals surface area contributed by atoms with Gasteiger partial charge in [0.05, 0.1) is 29.6 Å². The number of amides is 1. The van der Waals surface area contributed by atoms with E-state index in [2.05, 4.69) is 10.1 Å². The largest absolute Gasteiger partial charge is 0.396 e. The van der Waals surface area contributed by atoms with Crippen molar-refractivity contribution in [2.24, 2.45) is 7.05 Å². The van der Waals surface area contributed by atoms with Crippen molar-refractivity contribution >= 4 is 22.9 Å². The summed E-state index contributed by atoms with van der Waals surface area (Å²) < 4.78 is 1.49. The van der Waals surface area contributed by atoms with Crippen LogP contribution in [0.25, 0.3) is 0 Å². The number of aromatic nitrogens is 3. The van der Waals surface area contributed by atoms with Crippen LogP contribution in [-0.2, 0) is 13.6 Å². The van der Waals surface area contributed by atoms with Crippen LogP contribution >= 0.6 is 11.3 Å². The molecule has 0 aliphatic heterocycles. The predicted molar refractivity (Wildman–Crippen MR) is 70.3 cm³/mol. The second-order valence-electron chi connectivity index (χ2n) is 4.09. The average molecular weight is 265 g/mol. The van der Waals surface area contributed by atoms with Gasteiger partial charge in [-0.3, -0.25) is 9.48 Å². The molecule has 96 valence electrons. The Bertz CT molecular complexity index is 554. The van der Waals surface area contributed by atoms with Crippen LogP contribution in [-0.4, -0.2) is 32.6 Å². The quantitative estimate of drug-likeness (QED) is 0.899. The number of thiazole rings is 1. The molecule has 0 bridgehead atoms. The molecule has 2 heterocycles. The zero-order valence-electron chi connectivity index (χ0n) is 10.5. The maximum absolute atomic E-state index is 12.3. The minimum atomic E-state index is -0.139. The fraction of sp³-hybridized carbons (Fsp3) is 0.364. The van der Waals surface area contributed by atoms with Gasteiger partial charge in [-0.2, -0.15) is 5.10 Å². The monoisotopic (exact) mass is 265 g/mol. The summed E-state index contributed by atoms with van der Waals surface area (Å²) in [4.78, 5) is 19.1. The van der Waals surface area contributed by atoms with Gasteiger partial charge in [0, 0.05) is 19.0 Å². The highest BCUT2D eigenvalue weighted by Gasteiger charge is 2.20. The Morgan fingerprint density at radius 1 is 1.61 bits per heavy atom. The Labute approximate surface area is 109 Å². The molecule has 0 saturated heterocycles. The first-order chi connectivity index (χ1) is 8.50. The van der Waals surface area contributed by atoms with Gasteiger partial charge in [-0.1, -0.05) is 0 Å². The van der Waals surface area contributed by atoms with Crippen molar-refractivity contribution in [3.63, 3.8) is 0 Å². The van der Waals surface area contributed by atoms with E-state index in [0.717, 1.165) is 10.6 Å². The molecule has 7 heteroatoms. The minimum Gasteiger partial charge on any atom is -0.396 e. The van der Waals surface area contributed by atoms with Gasteiger partial charge in [-0.05, 0) is 6.92 Å². The van der Waals surface area contributed by atoms with Crippen LogP contribution in [0.3, 0.4) is 0 Å². The molecule has 6 nitrogen and oxygen atoms in total. The highest BCUT2D eigenvalue weighted by molar-refractivity contribution is 7.09. The number of nitrogens with two attached hydrogens (primary N) is 1. The van der Waals surface area contributed by atoms with E-state index < -0.39 is 0 Å². The summed E-state index contributed by atoms with van der Waals surface area (Å²) in [5.41, 5.74) is 9.29. The van der Waals surface area contributed by atoms with Gasteiger partial charge in [0.2, 0.25) is 0 Å². The van der Waals surface area contributed by atoms with Gasteiger partial charge in [-0.25, -0.2) is 4.98 Å². The summed E-state index contributed by atoms with van der Waals surface area (Å²) in [7, 11) is 3.45. The minimum absolute atomic E-state index is 0.139. The number of hydrogen-bond acceptors (Lipinski definition) is 5. The summed E-state index contributed by atoms with van der Waals surface area (Å²) >= 11 is 1.54. The number of carbonyl (C=O) groups is 1. The predicted octanol–water partition coefficient (Wildman–Crippen LogP) is 1.04. The Hall–Kier alpha value is -1.89. The molecule has 0 aliphatic carbocycles. The smallest absolute Gasteiger partial charge is 0.274 e. The van der Waals surface area contributed by atoms with Crippen molar-refractivity contribution in [2.75, 3.05) is 12.8 Å². The molecule has 18 heavy (non-hydrogen) atoms. The molecule has 0 saturated carbocycles. The number of rotatable bonds is 3. The van der Waals surface area contributed by atoms with Gasteiger partial charge in [0.25, 0.3) is 5.91 Å². The second-order valence-corrected chi connectivity index (χ2v) is 5.03. The molecule has 0 unspecified atom stereocenters. The topological polar surface area (TPSA) is 77.0 Å². The average Bonchev–Trinajstić information content (AvgIpc) is 2.86. The van der Waals surface area contributed by atoms with Crippen molar-refractivity contribution in [1.29, 1.82) is 0 Å². The molecular formula is C11H15N5OS. The molecule has 0 radical (unpaired) electrons. The Balaban J connectivity index is 2.17. The van der Waals surface area contributed by atoms with Gasteiger partial charge in [-0.15, -0.1) is 11.3 Å². The molecule has 0 aliphatic rings. The van der Waals surface area contributed by atoms with Gasteiger partial charge in [0.15, 0.2) is 0 Å². The SMILES string of the molecule is Cc1ncsc1CN(C)C(=O)c1c(N)cnn1C. The fourth-order valence-electron chi connectivity index (χ4n) is 1.66. The molecule has 0 aromatic carbocycles. The number of aryl methyl sites for hydroxylation is 2. The summed E-state index contributed by atoms with van der Waals surface area (Å²) in [6, 6.07) is 0. The van der Waals surface area contributed by atoms with E-state index in [1.807, 2.05) is 6.92 Å². The highest BCUT2D eigenvalue weighted by atomic mass is 32.1. The summed E-state index contributed by atoms with van der Waals surface area (Å²) in [6.45, 7) is 2.46. The number of carbonyl (C=O) groups excluding carboxylic acids is 1. The maximum Gasteiger partial charge on any atom is 0.274 e. The normalized spacial score (nSPS) is 10.6. The molecule has 2 rings (SSSR count). The third-order valence-corrected chi connectivity index (χ3v) is 3.66. The van der Waals surface area contributed by atoms with Crippen molar-refractivity contribution in [1.82, 2.24) is 19.7 Å². The van der Waals surface area contributed by atoms with Crippen LogP contribution in [0, 0.1) is 6.92 Å². The lowest BCUT2D eigenvalue weighted by molar-refractivity contribution is 0.0776. The number of nitrogen functional groups attached to an aromatic ring is 1. The van der Waals surface area contributed by atoms with Crippen LogP contribution in [0.4, 0.5) is 5.69 Å². The molecule has 2 aromatic heterocycles. The van der Waals surface area contributed by atoms with E-state index in [4.69, 9.17) is 5.73 Å². The van der Waals surface area contributed by atoms with Crippen LogP contribution < -0.4 is 5.73 Å². The third kappa shape index (κ3) is 2.21. The van der Waals surface area contributed by atoms with Crippen LogP contribution in [0.2, 0.25) is 0 Å². The lowest BCUT2D eigenvalue weighted by Crippen LogP contribution is -2.28. The van der Waals surface area contributed by atoms with E-state index in [1.54, 1.807) is 35.8 Å². The van der Waals surface area contributed by atoms with Gasteiger partial charge >= 0.3 is 0 Å². The number of hydrogen-bond donors (Lipinski definition) is 1. The Morgan fingerprint density at radius 2 is 2.33 bits per heavy atom. The van der Waals surface area contributed by atoms with E-state index in [1.165, 1.54) is 10.9 Å². The van der Waals surface area contributed by atoms with Crippen LogP contribution in [0.5, 0.6) is 0 Å². The van der Waals surface area contributed by atoms with Crippen molar-refractivity contribution in [2.45, 2.75) is 13.5 Å². The van der Waals surface area contributed by atoms with E-state index in [9.17, 15) is 4.79 Å². The molecule has 0 atom stereocenters. The number of nitrogens with zero attached hydrogens (tertiary/aromatic N) is 4. The van der Waals surface area contributed by atoms with Crippen molar-refractivity contribution in [3.8, 4) is 0 Å². The lowest BCUT2D eigenvalue weighted by atomic mass is 10.3. The van der Waals surface area contributed by atoms with Gasteiger partial charge in [0.1, 0.15) is 5.69 Å². The molecule has 0 fully saturated rings. The molecular weight excluding hydrogens is 250 g/mol. The first-order valence-electron chi connectivity index (χ1n) is 5.42. The summed E-state index contributed by atoms with van der Waals surface area (Å²) in [6.07, 6.45) is 1.49. The molecule has 0 spiro atoms. The maximum atomic E-state index is 12.3. The number of anilines is 1. The van der Waals surface area contributed by atoms with E-state index >= 15 is 0 Å². The van der Waals surface area contributed by atoms with E-state index in [0.29, 0.717) is 17.9 Å². The zero-order chi connectivity index (χ0) is 13.3. The lowest BCUT2D eigenvalue weighted by Gasteiger charge is -2.16. The standard InChI is InChI=1S/C11H15N5OS/c1-7-9(18-6-13-7)5-15(2)11(17)10-8(12)4-14-16(10)3/h4,6H,5,12H2,1-3H3. The first kappa shape index (κ1) is 12.6. The van der Waals surface area contributed by atoms with Crippen molar-refractivity contribution in [3.05, 3.63) is 28.0 Å². The molecule has 2 aromatic rings. The fourth-order valence-corrected chi connectivity index (χ4v) is 2.49. The zero-order valence-corrected chi connectivity index (χ0v) is 11.4. The Morgan fingerprint density at radius 3 is 2.83 bits per heavy atom.